The molecule has 0 spiro atoms. The predicted molar refractivity (Wildman–Crippen MR) is 85.3 cm³/mol. The number of nitrogens with zero attached hydrogens (tertiary/aromatic N) is 4. The van der Waals surface area contributed by atoms with Crippen molar-refractivity contribution in [3.63, 3.8) is 0 Å². The molecule has 0 atom stereocenters. The fourth-order valence-electron chi connectivity index (χ4n) is 2.61. The van der Waals surface area contributed by atoms with Gasteiger partial charge in [-0.25, -0.2) is 9.67 Å². The summed E-state index contributed by atoms with van der Waals surface area (Å²) in [6, 6.07) is 11.7. The molecule has 0 saturated carbocycles. The Morgan fingerprint density at radius 2 is 2.05 bits per heavy atom. The first kappa shape index (κ1) is 13.0. The summed E-state index contributed by atoms with van der Waals surface area (Å²) in [4.78, 5) is 16.5. The van der Waals surface area contributed by atoms with Gasteiger partial charge in [-0.2, -0.15) is 5.10 Å². The van der Waals surface area contributed by atoms with Crippen LogP contribution in [0.15, 0.2) is 59.9 Å². The molecule has 0 fully saturated rings. The Hall–Kier alpha value is -2.66. The number of rotatable bonds is 2. The second-order valence-electron chi connectivity index (χ2n) is 5.04. The maximum Gasteiger partial charge on any atom is 0.310 e. The Morgan fingerprint density at radius 1 is 1.18 bits per heavy atom. The van der Waals surface area contributed by atoms with Gasteiger partial charge < -0.3 is 0 Å². The number of hydrogen-bond acceptors (Lipinski definition) is 3. The Labute approximate surface area is 130 Å². The zero-order valence-electron chi connectivity index (χ0n) is 11.5. The molecule has 4 aromatic rings. The van der Waals surface area contributed by atoms with Crippen LogP contribution >= 0.6 is 11.6 Å². The molecular weight excluding hydrogens is 300 g/mol. The third-order valence-electron chi connectivity index (χ3n) is 3.64. The largest absolute Gasteiger partial charge is 0.310 e. The molecule has 0 aliphatic heterocycles. The topological polar surface area (TPSA) is 52.2 Å². The van der Waals surface area contributed by atoms with E-state index in [1.807, 2.05) is 36.4 Å². The highest BCUT2D eigenvalue weighted by Gasteiger charge is 2.09. The fourth-order valence-corrected chi connectivity index (χ4v) is 2.86. The highest BCUT2D eigenvalue weighted by molar-refractivity contribution is 6.31. The van der Waals surface area contributed by atoms with Gasteiger partial charge in [0.15, 0.2) is 0 Å². The standard InChI is InChI=1S/C16H11ClN4O/c17-13-7-11-3-1-2-4-14(11)12(8-13)9-21-16(22)15-18-5-6-20(15)10-19-21/h1-8,10H,9H2. The van der Waals surface area contributed by atoms with Crippen LogP contribution in [-0.4, -0.2) is 19.2 Å². The van der Waals surface area contributed by atoms with Gasteiger partial charge in [-0.05, 0) is 28.5 Å². The molecule has 2 heterocycles. The Kier molecular flexibility index (Phi) is 2.94. The minimum atomic E-state index is -0.225. The van der Waals surface area contributed by atoms with E-state index in [4.69, 9.17) is 11.6 Å². The lowest BCUT2D eigenvalue weighted by Crippen LogP contribution is -2.25. The summed E-state index contributed by atoms with van der Waals surface area (Å²) in [5.74, 6) is 0. The zero-order chi connectivity index (χ0) is 15.1. The van der Waals surface area contributed by atoms with E-state index in [-0.39, 0.29) is 5.56 Å². The summed E-state index contributed by atoms with van der Waals surface area (Å²) in [5, 5.41) is 6.94. The normalized spacial score (nSPS) is 11.3. The van der Waals surface area contributed by atoms with E-state index in [0.29, 0.717) is 17.2 Å². The molecule has 22 heavy (non-hydrogen) atoms. The number of hydrogen-bond donors (Lipinski definition) is 0. The van der Waals surface area contributed by atoms with E-state index in [0.717, 1.165) is 16.3 Å². The van der Waals surface area contributed by atoms with Crippen molar-refractivity contribution in [3.05, 3.63) is 76.1 Å². The SMILES string of the molecule is O=c1c2nccn2cnn1Cc1cc(Cl)cc2ccccc12. The van der Waals surface area contributed by atoms with Crippen molar-refractivity contribution in [2.45, 2.75) is 6.54 Å². The first-order valence-electron chi connectivity index (χ1n) is 6.78. The minimum absolute atomic E-state index is 0.225. The summed E-state index contributed by atoms with van der Waals surface area (Å²) in [6.45, 7) is 0.350. The van der Waals surface area contributed by atoms with E-state index in [9.17, 15) is 4.79 Å². The maximum absolute atomic E-state index is 12.4. The smallest absolute Gasteiger partial charge is 0.284 e. The van der Waals surface area contributed by atoms with E-state index >= 15 is 0 Å². The Morgan fingerprint density at radius 3 is 2.95 bits per heavy atom. The predicted octanol–water partition coefficient (Wildman–Crippen LogP) is 2.75. The second-order valence-corrected chi connectivity index (χ2v) is 5.47. The van der Waals surface area contributed by atoms with Crippen LogP contribution in [0, 0.1) is 0 Å². The molecule has 6 heteroatoms. The lowest BCUT2D eigenvalue weighted by Gasteiger charge is -2.09. The lowest BCUT2D eigenvalue weighted by atomic mass is 10.0. The van der Waals surface area contributed by atoms with E-state index in [2.05, 4.69) is 10.1 Å². The quantitative estimate of drug-likeness (QED) is 0.572. The van der Waals surface area contributed by atoms with Crippen LogP contribution in [0.25, 0.3) is 16.4 Å². The molecular formula is C16H11ClN4O. The van der Waals surface area contributed by atoms with Gasteiger partial charge in [0.05, 0.1) is 6.54 Å². The molecule has 2 aromatic carbocycles. The number of halogens is 1. The van der Waals surface area contributed by atoms with Crippen LogP contribution in [0.1, 0.15) is 5.56 Å². The molecule has 2 aromatic heterocycles. The number of aromatic nitrogens is 4. The van der Waals surface area contributed by atoms with Crippen LogP contribution in [0.3, 0.4) is 0 Å². The van der Waals surface area contributed by atoms with Gasteiger partial charge in [-0.1, -0.05) is 35.9 Å². The molecule has 0 bridgehead atoms. The van der Waals surface area contributed by atoms with Crippen LogP contribution < -0.4 is 5.56 Å². The van der Waals surface area contributed by atoms with E-state index in [1.54, 1.807) is 23.1 Å². The Balaban J connectivity index is 1.89. The summed E-state index contributed by atoms with van der Waals surface area (Å²) in [7, 11) is 0. The fraction of sp³-hybridized carbons (Fsp3) is 0.0625. The van der Waals surface area contributed by atoms with Gasteiger partial charge in [0.1, 0.15) is 6.33 Å². The number of fused-ring (bicyclic) bond motifs is 2. The van der Waals surface area contributed by atoms with Crippen molar-refractivity contribution >= 4 is 28.0 Å². The summed E-state index contributed by atoms with van der Waals surface area (Å²) < 4.78 is 3.01. The molecule has 0 N–H and O–H groups in total. The van der Waals surface area contributed by atoms with Crippen LogP contribution in [0.5, 0.6) is 0 Å². The highest BCUT2D eigenvalue weighted by atomic mass is 35.5. The molecule has 4 rings (SSSR count). The first-order chi connectivity index (χ1) is 10.7. The van der Waals surface area contributed by atoms with Crippen molar-refractivity contribution < 1.29 is 0 Å². The molecule has 0 saturated heterocycles. The first-order valence-corrected chi connectivity index (χ1v) is 7.16. The lowest BCUT2D eigenvalue weighted by molar-refractivity contribution is 0.629. The van der Waals surface area contributed by atoms with Crippen molar-refractivity contribution in [1.82, 2.24) is 19.2 Å². The van der Waals surface area contributed by atoms with Gasteiger partial charge in [-0.15, -0.1) is 0 Å². The third-order valence-corrected chi connectivity index (χ3v) is 3.86. The molecule has 0 aliphatic carbocycles. The van der Waals surface area contributed by atoms with Gasteiger partial charge in [0, 0.05) is 17.4 Å². The molecule has 5 nitrogen and oxygen atoms in total. The van der Waals surface area contributed by atoms with Crippen LogP contribution in [-0.2, 0) is 6.54 Å². The van der Waals surface area contributed by atoms with Crippen molar-refractivity contribution in [2.75, 3.05) is 0 Å². The zero-order valence-corrected chi connectivity index (χ0v) is 12.2. The number of benzene rings is 2. The minimum Gasteiger partial charge on any atom is -0.284 e. The van der Waals surface area contributed by atoms with Crippen molar-refractivity contribution in [3.8, 4) is 0 Å². The molecule has 0 amide bonds. The van der Waals surface area contributed by atoms with Gasteiger partial charge in [0.2, 0.25) is 5.65 Å². The average molecular weight is 311 g/mol. The van der Waals surface area contributed by atoms with Crippen molar-refractivity contribution in [1.29, 1.82) is 0 Å². The van der Waals surface area contributed by atoms with E-state index < -0.39 is 0 Å². The third kappa shape index (κ3) is 2.07. The maximum atomic E-state index is 12.4. The summed E-state index contributed by atoms with van der Waals surface area (Å²) in [5.41, 5.74) is 1.09. The van der Waals surface area contributed by atoms with Gasteiger partial charge in [-0.3, -0.25) is 9.20 Å². The molecule has 0 aliphatic rings. The van der Waals surface area contributed by atoms with Crippen LogP contribution in [0.4, 0.5) is 0 Å². The Bertz CT molecular complexity index is 1050. The highest BCUT2D eigenvalue weighted by Crippen LogP contribution is 2.24. The second kappa shape index (κ2) is 4.96. The molecule has 0 radical (unpaired) electrons. The van der Waals surface area contributed by atoms with Crippen molar-refractivity contribution in [2.24, 2.45) is 0 Å². The van der Waals surface area contributed by atoms with Gasteiger partial charge >= 0.3 is 5.56 Å². The summed E-state index contributed by atoms with van der Waals surface area (Å²) in [6.07, 6.45) is 4.86. The average Bonchev–Trinajstić information content (AvgIpc) is 2.99. The molecule has 108 valence electrons. The summed E-state index contributed by atoms with van der Waals surface area (Å²) >= 11 is 6.18. The molecule has 0 unspecified atom stereocenters. The number of imidazole rings is 1. The van der Waals surface area contributed by atoms with E-state index in [1.165, 1.54) is 4.68 Å². The monoisotopic (exact) mass is 310 g/mol. The van der Waals surface area contributed by atoms with Crippen LogP contribution in [0.2, 0.25) is 5.02 Å². The van der Waals surface area contributed by atoms with Gasteiger partial charge in [0.25, 0.3) is 0 Å².